The minimum absolute atomic E-state index is 0.357. The highest BCUT2D eigenvalue weighted by molar-refractivity contribution is 5.77. The van der Waals surface area contributed by atoms with E-state index in [9.17, 15) is 0 Å². The first kappa shape index (κ1) is 13.8. The summed E-state index contributed by atoms with van der Waals surface area (Å²) >= 11 is 0. The first-order valence-electron chi connectivity index (χ1n) is 7.27. The van der Waals surface area contributed by atoms with Gasteiger partial charge in [0.25, 0.3) is 0 Å². The third kappa shape index (κ3) is 3.13. The van der Waals surface area contributed by atoms with Crippen LogP contribution in [-0.2, 0) is 13.1 Å². The molecule has 0 spiro atoms. The molecule has 21 heavy (non-hydrogen) atoms. The molecule has 0 unspecified atom stereocenters. The maximum Gasteiger partial charge on any atom is 0.121 e. The molecule has 0 amide bonds. The van der Waals surface area contributed by atoms with Gasteiger partial charge in [0, 0.05) is 25.0 Å². The Labute approximate surface area is 124 Å². The van der Waals surface area contributed by atoms with Crippen molar-refractivity contribution in [3.8, 4) is 0 Å². The Morgan fingerprint density at radius 1 is 1.29 bits per heavy atom. The van der Waals surface area contributed by atoms with Crippen LogP contribution < -0.4 is 5.32 Å². The standard InChI is InChI=1S/C16H21N5/c1-11-6-14-15(7-12(11)2)20-16(19-14)8-18-13(3)9-21-5-4-17-10-21/h4-7,10,13,18H,8-9H2,1-3H3,(H,19,20)/t13-/m0/s1. The van der Waals surface area contributed by atoms with E-state index in [4.69, 9.17) is 0 Å². The van der Waals surface area contributed by atoms with Crippen LogP contribution in [0.25, 0.3) is 11.0 Å². The second-order valence-electron chi connectivity index (χ2n) is 5.68. The van der Waals surface area contributed by atoms with E-state index >= 15 is 0 Å². The Bertz CT molecular complexity index is 688. The maximum atomic E-state index is 4.65. The number of fused-ring (bicyclic) bond motifs is 1. The van der Waals surface area contributed by atoms with Gasteiger partial charge in [-0.2, -0.15) is 0 Å². The molecule has 2 aromatic heterocycles. The highest BCUT2D eigenvalue weighted by Gasteiger charge is 2.07. The second-order valence-corrected chi connectivity index (χ2v) is 5.68. The largest absolute Gasteiger partial charge is 0.341 e. The second kappa shape index (κ2) is 5.69. The lowest BCUT2D eigenvalue weighted by Gasteiger charge is -2.13. The van der Waals surface area contributed by atoms with Crippen LogP contribution >= 0.6 is 0 Å². The molecule has 0 bridgehead atoms. The van der Waals surface area contributed by atoms with E-state index in [1.54, 1.807) is 6.20 Å². The summed E-state index contributed by atoms with van der Waals surface area (Å²) < 4.78 is 2.07. The molecule has 0 fully saturated rings. The van der Waals surface area contributed by atoms with Gasteiger partial charge in [0.05, 0.1) is 23.9 Å². The van der Waals surface area contributed by atoms with Crippen molar-refractivity contribution in [1.29, 1.82) is 0 Å². The molecule has 0 aliphatic heterocycles. The van der Waals surface area contributed by atoms with Gasteiger partial charge in [-0.15, -0.1) is 0 Å². The molecule has 0 saturated heterocycles. The highest BCUT2D eigenvalue weighted by atomic mass is 15.1. The number of aromatic nitrogens is 4. The molecule has 0 aliphatic rings. The van der Waals surface area contributed by atoms with Crippen LogP contribution in [-0.4, -0.2) is 25.6 Å². The number of H-pyrrole nitrogens is 1. The lowest BCUT2D eigenvalue weighted by molar-refractivity contribution is 0.470. The topological polar surface area (TPSA) is 58.5 Å². The minimum Gasteiger partial charge on any atom is -0.341 e. The molecule has 3 aromatic rings. The zero-order valence-corrected chi connectivity index (χ0v) is 12.7. The summed E-state index contributed by atoms with van der Waals surface area (Å²) in [5, 5.41) is 3.49. The molecule has 3 rings (SSSR count). The van der Waals surface area contributed by atoms with Crippen LogP contribution in [0.5, 0.6) is 0 Å². The molecular formula is C16H21N5. The van der Waals surface area contributed by atoms with Crippen LogP contribution in [0.4, 0.5) is 0 Å². The summed E-state index contributed by atoms with van der Waals surface area (Å²) in [6, 6.07) is 4.66. The SMILES string of the molecule is Cc1cc2nc(CN[C@@H](C)Cn3ccnc3)[nH]c2cc1C. The van der Waals surface area contributed by atoms with E-state index in [2.05, 4.69) is 57.7 Å². The van der Waals surface area contributed by atoms with Crippen LogP contribution in [0.3, 0.4) is 0 Å². The number of hydrogen-bond acceptors (Lipinski definition) is 3. The van der Waals surface area contributed by atoms with Gasteiger partial charge in [0.1, 0.15) is 5.82 Å². The Morgan fingerprint density at radius 3 is 2.86 bits per heavy atom. The van der Waals surface area contributed by atoms with Crippen LogP contribution in [0, 0.1) is 13.8 Å². The molecule has 2 heterocycles. The number of hydrogen-bond donors (Lipinski definition) is 2. The summed E-state index contributed by atoms with van der Waals surface area (Å²) in [5.41, 5.74) is 4.72. The van der Waals surface area contributed by atoms with Crippen molar-refractivity contribution < 1.29 is 0 Å². The summed E-state index contributed by atoms with van der Waals surface area (Å²) in [6.07, 6.45) is 5.62. The van der Waals surface area contributed by atoms with E-state index in [-0.39, 0.29) is 0 Å². The molecule has 0 aliphatic carbocycles. The number of nitrogens with one attached hydrogen (secondary N) is 2. The average Bonchev–Trinajstić information content (AvgIpc) is 3.06. The third-order valence-electron chi connectivity index (χ3n) is 3.81. The van der Waals surface area contributed by atoms with Gasteiger partial charge in [0.15, 0.2) is 0 Å². The van der Waals surface area contributed by atoms with Gasteiger partial charge >= 0.3 is 0 Å². The van der Waals surface area contributed by atoms with Crippen LogP contribution in [0.2, 0.25) is 0 Å². The highest BCUT2D eigenvalue weighted by Crippen LogP contribution is 2.17. The molecule has 110 valence electrons. The molecule has 0 radical (unpaired) electrons. The normalized spacial score (nSPS) is 12.9. The van der Waals surface area contributed by atoms with Crippen molar-refractivity contribution in [3.05, 3.63) is 47.8 Å². The van der Waals surface area contributed by atoms with E-state index in [1.165, 1.54) is 11.1 Å². The Hall–Kier alpha value is -2.14. The van der Waals surface area contributed by atoms with Gasteiger partial charge < -0.3 is 14.9 Å². The van der Waals surface area contributed by atoms with Crippen molar-refractivity contribution in [3.63, 3.8) is 0 Å². The zero-order chi connectivity index (χ0) is 14.8. The number of benzene rings is 1. The summed E-state index contributed by atoms with van der Waals surface area (Å²) in [5.74, 6) is 0.979. The average molecular weight is 283 g/mol. The Morgan fingerprint density at radius 2 is 2.10 bits per heavy atom. The summed E-state index contributed by atoms with van der Waals surface area (Å²) in [6.45, 7) is 8.05. The van der Waals surface area contributed by atoms with Crippen LogP contribution in [0.15, 0.2) is 30.9 Å². The van der Waals surface area contributed by atoms with Gasteiger partial charge in [-0.25, -0.2) is 9.97 Å². The Balaban J connectivity index is 1.65. The van der Waals surface area contributed by atoms with Crippen molar-refractivity contribution >= 4 is 11.0 Å². The van der Waals surface area contributed by atoms with Gasteiger partial charge in [-0.05, 0) is 44.0 Å². The quantitative estimate of drug-likeness (QED) is 0.756. The fraction of sp³-hybridized carbons (Fsp3) is 0.375. The fourth-order valence-electron chi connectivity index (χ4n) is 2.45. The van der Waals surface area contributed by atoms with Crippen molar-refractivity contribution in [2.45, 2.75) is 39.9 Å². The first-order valence-corrected chi connectivity index (χ1v) is 7.27. The van der Waals surface area contributed by atoms with Crippen molar-refractivity contribution in [2.24, 2.45) is 0 Å². The molecule has 1 atom stereocenters. The smallest absolute Gasteiger partial charge is 0.121 e. The molecule has 0 saturated carbocycles. The van der Waals surface area contributed by atoms with E-state index < -0.39 is 0 Å². The summed E-state index contributed by atoms with van der Waals surface area (Å²) in [4.78, 5) is 12.1. The predicted octanol–water partition coefficient (Wildman–Crippen LogP) is 2.55. The van der Waals surface area contributed by atoms with E-state index in [0.717, 1.165) is 29.9 Å². The fourth-order valence-corrected chi connectivity index (χ4v) is 2.45. The number of imidazole rings is 2. The predicted molar refractivity (Wildman–Crippen MR) is 84.1 cm³/mol. The van der Waals surface area contributed by atoms with E-state index in [1.807, 2.05) is 12.5 Å². The van der Waals surface area contributed by atoms with Gasteiger partial charge in [-0.3, -0.25) is 0 Å². The number of nitrogens with zero attached hydrogens (tertiary/aromatic N) is 3. The number of aryl methyl sites for hydroxylation is 2. The molecule has 1 aromatic carbocycles. The number of rotatable bonds is 5. The third-order valence-corrected chi connectivity index (χ3v) is 3.81. The first-order chi connectivity index (χ1) is 10.1. The van der Waals surface area contributed by atoms with Crippen molar-refractivity contribution in [1.82, 2.24) is 24.8 Å². The molecule has 5 heteroatoms. The summed E-state index contributed by atoms with van der Waals surface area (Å²) in [7, 11) is 0. The molecule has 5 nitrogen and oxygen atoms in total. The number of aromatic amines is 1. The lowest BCUT2D eigenvalue weighted by Crippen LogP contribution is -2.29. The van der Waals surface area contributed by atoms with Gasteiger partial charge in [-0.1, -0.05) is 0 Å². The van der Waals surface area contributed by atoms with Crippen molar-refractivity contribution in [2.75, 3.05) is 0 Å². The Kier molecular flexibility index (Phi) is 3.75. The maximum absolute atomic E-state index is 4.65. The molecule has 2 N–H and O–H groups in total. The minimum atomic E-state index is 0.357. The van der Waals surface area contributed by atoms with E-state index in [0.29, 0.717) is 6.04 Å². The molecular weight excluding hydrogens is 262 g/mol. The lowest BCUT2D eigenvalue weighted by atomic mass is 10.1. The zero-order valence-electron chi connectivity index (χ0n) is 12.7. The van der Waals surface area contributed by atoms with Gasteiger partial charge in [0.2, 0.25) is 0 Å². The van der Waals surface area contributed by atoms with Crippen LogP contribution in [0.1, 0.15) is 23.9 Å². The monoisotopic (exact) mass is 283 g/mol.